The lowest BCUT2D eigenvalue weighted by atomic mass is 9.91. The van der Waals surface area contributed by atoms with Gasteiger partial charge in [0.1, 0.15) is 11.2 Å². The van der Waals surface area contributed by atoms with Gasteiger partial charge >= 0.3 is 0 Å². The van der Waals surface area contributed by atoms with Crippen LogP contribution in [0.1, 0.15) is 12.5 Å². The first-order valence-corrected chi connectivity index (χ1v) is 13.0. The number of hydrogen-bond acceptors (Lipinski definition) is 3. The highest BCUT2D eigenvalue weighted by molar-refractivity contribution is 6.08. The molecule has 0 atom stereocenters. The Morgan fingerprint density at radius 1 is 0.632 bits per heavy atom. The van der Waals surface area contributed by atoms with Crippen LogP contribution in [-0.2, 0) is 6.42 Å². The van der Waals surface area contributed by atoms with Gasteiger partial charge in [-0.2, -0.15) is 0 Å². The number of aryl methyl sites for hydroxylation is 1. The molecule has 0 aliphatic carbocycles. The fourth-order valence-electron chi connectivity index (χ4n) is 5.54. The monoisotopic (exact) mass is 490 g/mol. The summed E-state index contributed by atoms with van der Waals surface area (Å²) in [5.41, 5.74) is 17.9. The second kappa shape index (κ2) is 8.89. The molecule has 2 N–H and O–H groups in total. The molecule has 3 nitrogen and oxygen atoms in total. The Labute approximate surface area is 221 Å². The largest absolute Gasteiger partial charge is 0.456 e. The van der Waals surface area contributed by atoms with Crippen LogP contribution in [0.4, 0.5) is 5.69 Å². The molecule has 38 heavy (non-hydrogen) atoms. The maximum Gasteiger partial charge on any atom is 0.135 e. The number of anilines is 1. The molecular weight excluding hydrogens is 464 g/mol. The molecule has 2 heterocycles. The quantitative estimate of drug-likeness (QED) is 0.267. The van der Waals surface area contributed by atoms with Crippen LogP contribution in [0.15, 0.2) is 120 Å². The van der Waals surface area contributed by atoms with E-state index in [1.807, 2.05) is 30.3 Å². The minimum Gasteiger partial charge on any atom is -0.456 e. The summed E-state index contributed by atoms with van der Waals surface area (Å²) in [5.74, 6) is 0. The molecule has 0 spiro atoms. The molecule has 0 bridgehead atoms. The standard InChI is InChI=1S/C35H26N2O/c1-2-22-10-6-7-13-26(22)33-28-18-16-25(21-30(28)37-35(34(33)36)23-11-4-3-5-12-23)24-17-19-32-29(20-24)27-14-8-9-15-31(27)38-32/h3-21H,2,36H2,1H3. The van der Waals surface area contributed by atoms with Crippen LogP contribution in [0.2, 0.25) is 0 Å². The van der Waals surface area contributed by atoms with E-state index in [1.54, 1.807) is 0 Å². The van der Waals surface area contributed by atoms with Gasteiger partial charge in [-0.15, -0.1) is 0 Å². The number of nitrogen functional groups attached to an aromatic ring is 1. The molecule has 7 rings (SSSR count). The Morgan fingerprint density at radius 2 is 1.34 bits per heavy atom. The Morgan fingerprint density at radius 3 is 2.21 bits per heavy atom. The van der Waals surface area contributed by atoms with Crippen LogP contribution in [0.3, 0.4) is 0 Å². The van der Waals surface area contributed by atoms with Crippen molar-refractivity contribution in [1.29, 1.82) is 0 Å². The van der Waals surface area contributed by atoms with Crippen molar-refractivity contribution in [3.05, 3.63) is 121 Å². The number of nitrogens with zero attached hydrogens (tertiary/aromatic N) is 1. The Hall–Kier alpha value is -4.89. The van der Waals surface area contributed by atoms with Gasteiger partial charge in [-0.3, -0.25) is 0 Å². The number of para-hydroxylation sites is 1. The number of nitrogens with two attached hydrogens (primary N) is 1. The summed E-state index contributed by atoms with van der Waals surface area (Å²) >= 11 is 0. The van der Waals surface area contributed by atoms with Crippen molar-refractivity contribution in [3.63, 3.8) is 0 Å². The highest BCUT2D eigenvalue weighted by atomic mass is 16.3. The summed E-state index contributed by atoms with van der Waals surface area (Å²) in [4.78, 5) is 5.13. The van der Waals surface area contributed by atoms with E-state index in [2.05, 4.69) is 91.9 Å². The highest BCUT2D eigenvalue weighted by Crippen LogP contribution is 2.42. The van der Waals surface area contributed by atoms with Crippen LogP contribution < -0.4 is 5.73 Å². The van der Waals surface area contributed by atoms with Crippen LogP contribution >= 0.6 is 0 Å². The van der Waals surface area contributed by atoms with Crippen molar-refractivity contribution >= 4 is 38.5 Å². The lowest BCUT2D eigenvalue weighted by Crippen LogP contribution is -2.01. The van der Waals surface area contributed by atoms with Gasteiger partial charge in [0.2, 0.25) is 0 Å². The topological polar surface area (TPSA) is 52.0 Å². The Bertz CT molecular complexity index is 1970. The number of benzene rings is 5. The fourth-order valence-corrected chi connectivity index (χ4v) is 5.54. The number of aromatic nitrogens is 1. The summed E-state index contributed by atoms with van der Waals surface area (Å²) in [6.07, 6.45) is 0.927. The van der Waals surface area contributed by atoms with Crippen molar-refractivity contribution in [2.45, 2.75) is 13.3 Å². The minimum atomic E-state index is 0.712. The first-order chi connectivity index (χ1) is 18.7. The summed E-state index contributed by atoms with van der Waals surface area (Å²) in [6.45, 7) is 2.18. The predicted octanol–water partition coefficient (Wildman–Crippen LogP) is 9.28. The van der Waals surface area contributed by atoms with E-state index >= 15 is 0 Å². The molecule has 3 heteroatoms. The first kappa shape index (κ1) is 22.3. The van der Waals surface area contributed by atoms with Gasteiger partial charge in [-0.25, -0.2) is 4.98 Å². The fraction of sp³-hybridized carbons (Fsp3) is 0.0571. The van der Waals surface area contributed by atoms with E-state index < -0.39 is 0 Å². The molecule has 0 fully saturated rings. The molecular formula is C35H26N2O. The normalized spacial score (nSPS) is 11.5. The van der Waals surface area contributed by atoms with Gasteiger partial charge in [0, 0.05) is 27.3 Å². The third-order valence-corrected chi connectivity index (χ3v) is 7.45. The van der Waals surface area contributed by atoms with Crippen molar-refractivity contribution in [3.8, 4) is 33.5 Å². The average molecular weight is 491 g/mol. The zero-order chi connectivity index (χ0) is 25.6. The molecule has 7 aromatic rings. The predicted molar refractivity (Wildman–Crippen MR) is 159 cm³/mol. The van der Waals surface area contributed by atoms with Crippen molar-refractivity contribution in [2.75, 3.05) is 5.73 Å². The van der Waals surface area contributed by atoms with Gasteiger partial charge in [0.25, 0.3) is 0 Å². The smallest absolute Gasteiger partial charge is 0.135 e. The molecule has 0 unspecified atom stereocenters. The van der Waals surface area contributed by atoms with Crippen LogP contribution in [0, 0.1) is 0 Å². The van der Waals surface area contributed by atoms with E-state index in [9.17, 15) is 0 Å². The number of hydrogen-bond donors (Lipinski definition) is 1. The Balaban J connectivity index is 1.49. The van der Waals surface area contributed by atoms with Gasteiger partial charge < -0.3 is 10.2 Å². The molecule has 182 valence electrons. The molecule has 0 saturated heterocycles. The van der Waals surface area contributed by atoms with Crippen molar-refractivity contribution in [1.82, 2.24) is 4.98 Å². The van der Waals surface area contributed by atoms with Gasteiger partial charge in [0.05, 0.1) is 16.9 Å². The highest BCUT2D eigenvalue weighted by Gasteiger charge is 2.18. The summed E-state index contributed by atoms with van der Waals surface area (Å²) < 4.78 is 6.05. The molecule has 0 amide bonds. The first-order valence-electron chi connectivity index (χ1n) is 13.0. The molecule has 0 radical (unpaired) electrons. The lowest BCUT2D eigenvalue weighted by molar-refractivity contribution is 0.669. The van der Waals surface area contributed by atoms with E-state index in [-0.39, 0.29) is 0 Å². The maximum absolute atomic E-state index is 6.92. The van der Waals surface area contributed by atoms with E-state index in [4.69, 9.17) is 15.1 Å². The van der Waals surface area contributed by atoms with Crippen LogP contribution in [0.25, 0.3) is 66.4 Å². The zero-order valence-corrected chi connectivity index (χ0v) is 21.1. The zero-order valence-electron chi connectivity index (χ0n) is 21.1. The lowest BCUT2D eigenvalue weighted by Gasteiger charge is -2.18. The van der Waals surface area contributed by atoms with Crippen LogP contribution in [-0.4, -0.2) is 4.98 Å². The van der Waals surface area contributed by atoms with E-state index in [0.717, 1.165) is 72.8 Å². The van der Waals surface area contributed by atoms with Gasteiger partial charge in [0.15, 0.2) is 0 Å². The van der Waals surface area contributed by atoms with Gasteiger partial charge in [-0.1, -0.05) is 97.9 Å². The third-order valence-electron chi connectivity index (χ3n) is 7.45. The summed E-state index contributed by atoms with van der Waals surface area (Å²) in [6, 6.07) is 39.8. The van der Waals surface area contributed by atoms with Crippen LogP contribution in [0.5, 0.6) is 0 Å². The SMILES string of the molecule is CCc1ccccc1-c1c(N)c(-c2ccccc2)nc2cc(-c3ccc4oc5ccccc5c4c3)ccc12. The third kappa shape index (κ3) is 3.55. The van der Waals surface area contributed by atoms with E-state index in [0.29, 0.717) is 5.69 Å². The average Bonchev–Trinajstić information content (AvgIpc) is 3.35. The second-order valence-electron chi connectivity index (χ2n) is 9.67. The number of pyridine rings is 1. The van der Waals surface area contributed by atoms with E-state index in [1.165, 1.54) is 5.56 Å². The van der Waals surface area contributed by atoms with Crippen molar-refractivity contribution in [2.24, 2.45) is 0 Å². The number of fused-ring (bicyclic) bond motifs is 4. The molecule has 0 saturated carbocycles. The minimum absolute atomic E-state index is 0.712. The van der Waals surface area contributed by atoms with Crippen molar-refractivity contribution < 1.29 is 4.42 Å². The molecule has 0 aliphatic heterocycles. The summed E-state index contributed by atoms with van der Waals surface area (Å²) in [7, 11) is 0. The molecule has 0 aliphatic rings. The molecule has 2 aromatic heterocycles. The maximum atomic E-state index is 6.92. The second-order valence-corrected chi connectivity index (χ2v) is 9.67. The Kier molecular flexibility index (Phi) is 5.22. The summed E-state index contributed by atoms with van der Waals surface area (Å²) in [5, 5.41) is 3.30. The molecule has 5 aromatic carbocycles. The number of furan rings is 1. The number of rotatable bonds is 4. The van der Waals surface area contributed by atoms with Gasteiger partial charge in [-0.05, 0) is 52.9 Å².